The molecule has 98 valence electrons. The molecular weight excluding hydrogens is 244 g/mol. The molecule has 1 heterocycles. The van der Waals surface area contributed by atoms with Crippen molar-refractivity contribution in [3.8, 4) is 0 Å². The van der Waals surface area contributed by atoms with Gasteiger partial charge < -0.3 is 14.7 Å². The number of morpholine rings is 1. The number of ether oxygens (including phenoxy) is 1. The number of halogens is 2. The van der Waals surface area contributed by atoms with Crippen molar-refractivity contribution >= 4 is 5.91 Å². The van der Waals surface area contributed by atoms with E-state index in [9.17, 15) is 13.6 Å². The van der Waals surface area contributed by atoms with Gasteiger partial charge in [-0.1, -0.05) is 0 Å². The van der Waals surface area contributed by atoms with Crippen LogP contribution < -0.4 is 0 Å². The Kier molecular flexibility index (Phi) is 3.88. The van der Waals surface area contributed by atoms with Crippen LogP contribution in [0.4, 0.5) is 8.78 Å². The van der Waals surface area contributed by atoms with Gasteiger partial charge in [0.2, 0.25) is 0 Å². The first-order chi connectivity index (χ1) is 8.63. The van der Waals surface area contributed by atoms with E-state index in [1.807, 2.05) is 0 Å². The molecule has 0 saturated carbocycles. The predicted molar refractivity (Wildman–Crippen MR) is 59.1 cm³/mol. The normalized spacial score (nSPS) is 19.9. The second-order valence-electron chi connectivity index (χ2n) is 4.04. The van der Waals surface area contributed by atoms with Gasteiger partial charge >= 0.3 is 0 Å². The Labute approximate surface area is 103 Å². The molecule has 1 atom stereocenters. The molecule has 1 aliphatic heterocycles. The van der Waals surface area contributed by atoms with Gasteiger partial charge in [0.15, 0.2) is 11.6 Å². The maximum absolute atomic E-state index is 13.1. The molecule has 1 saturated heterocycles. The van der Waals surface area contributed by atoms with E-state index in [-0.39, 0.29) is 18.8 Å². The fraction of sp³-hybridized carbons (Fsp3) is 0.417. The molecule has 6 heteroatoms. The van der Waals surface area contributed by atoms with Crippen LogP contribution in [0.3, 0.4) is 0 Å². The topological polar surface area (TPSA) is 49.8 Å². The van der Waals surface area contributed by atoms with E-state index in [2.05, 4.69) is 0 Å². The summed E-state index contributed by atoms with van der Waals surface area (Å²) in [6.07, 6.45) is 0. The van der Waals surface area contributed by atoms with Gasteiger partial charge in [-0.3, -0.25) is 4.79 Å². The molecule has 18 heavy (non-hydrogen) atoms. The van der Waals surface area contributed by atoms with E-state index in [0.717, 1.165) is 12.1 Å². The molecule has 0 aliphatic carbocycles. The van der Waals surface area contributed by atoms with Gasteiger partial charge in [-0.25, -0.2) is 8.78 Å². The zero-order chi connectivity index (χ0) is 13.1. The number of amides is 1. The molecule has 4 nitrogen and oxygen atoms in total. The lowest BCUT2D eigenvalue weighted by molar-refractivity contribution is -0.0184. The summed E-state index contributed by atoms with van der Waals surface area (Å²) in [6, 6.07) is 2.56. The van der Waals surface area contributed by atoms with Crippen molar-refractivity contribution in [2.45, 2.75) is 6.04 Å². The molecule has 1 aliphatic rings. The molecule has 1 aromatic rings. The van der Waals surface area contributed by atoms with Crippen LogP contribution in [-0.4, -0.2) is 48.3 Å². The first-order valence-corrected chi connectivity index (χ1v) is 5.58. The minimum absolute atomic E-state index is 0.0641. The van der Waals surface area contributed by atoms with Gasteiger partial charge in [0.05, 0.1) is 25.9 Å². The molecule has 0 unspecified atom stereocenters. The SMILES string of the molecule is O=C(c1ccc(F)c(F)c1)N1CCOC[C@H]1CO. The molecule has 0 aromatic heterocycles. The Bertz CT molecular complexity index is 453. The summed E-state index contributed by atoms with van der Waals surface area (Å²) >= 11 is 0. The van der Waals surface area contributed by atoms with Crippen LogP contribution in [0.1, 0.15) is 10.4 Å². The summed E-state index contributed by atoms with van der Waals surface area (Å²) < 4.78 is 31.0. The minimum atomic E-state index is -1.06. The van der Waals surface area contributed by atoms with Gasteiger partial charge in [0.25, 0.3) is 5.91 Å². The molecule has 1 aromatic carbocycles. The number of hydrogen-bond donors (Lipinski definition) is 1. The standard InChI is InChI=1S/C12H13F2NO3/c13-10-2-1-8(5-11(10)14)12(17)15-3-4-18-7-9(15)6-16/h1-2,5,9,16H,3-4,6-7H2/t9-/m1/s1. The highest BCUT2D eigenvalue weighted by molar-refractivity contribution is 5.94. The fourth-order valence-corrected chi connectivity index (χ4v) is 1.87. The quantitative estimate of drug-likeness (QED) is 0.852. The summed E-state index contributed by atoms with van der Waals surface area (Å²) in [7, 11) is 0. The Morgan fingerprint density at radius 3 is 2.89 bits per heavy atom. The second-order valence-corrected chi connectivity index (χ2v) is 4.04. The zero-order valence-electron chi connectivity index (χ0n) is 9.60. The maximum Gasteiger partial charge on any atom is 0.254 e. The van der Waals surface area contributed by atoms with E-state index >= 15 is 0 Å². The molecule has 0 bridgehead atoms. The lowest BCUT2D eigenvalue weighted by atomic mass is 10.1. The highest BCUT2D eigenvalue weighted by Crippen LogP contribution is 2.15. The third-order valence-corrected chi connectivity index (χ3v) is 2.87. The minimum Gasteiger partial charge on any atom is -0.394 e. The smallest absolute Gasteiger partial charge is 0.254 e. The maximum atomic E-state index is 13.1. The number of benzene rings is 1. The van der Waals surface area contributed by atoms with E-state index in [1.54, 1.807) is 0 Å². The summed E-state index contributed by atoms with van der Waals surface area (Å²) in [5, 5.41) is 9.15. The number of rotatable bonds is 2. The van der Waals surface area contributed by atoms with Crippen molar-refractivity contribution in [2.75, 3.05) is 26.4 Å². The number of nitrogens with zero attached hydrogens (tertiary/aromatic N) is 1. The first kappa shape index (κ1) is 12.9. The number of carbonyl (C=O) groups is 1. The number of aliphatic hydroxyl groups excluding tert-OH is 1. The molecule has 1 amide bonds. The molecule has 0 radical (unpaired) electrons. The molecule has 2 rings (SSSR count). The summed E-state index contributed by atoms with van der Waals surface area (Å²) in [4.78, 5) is 13.5. The third kappa shape index (κ3) is 2.49. The van der Waals surface area contributed by atoms with Crippen molar-refractivity contribution in [3.05, 3.63) is 35.4 Å². The summed E-state index contributed by atoms with van der Waals surface area (Å²) in [5.74, 6) is -2.49. The molecular formula is C12H13F2NO3. The van der Waals surface area contributed by atoms with Crippen LogP contribution in [0, 0.1) is 11.6 Å². The van der Waals surface area contributed by atoms with Crippen molar-refractivity contribution < 1.29 is 23.4 Å². The lowest BCUT2D eigenvalue weighted by Gasteiger charge is -2.34. The summed E-state index contributed by atoms with van der Waals surface area (Å²) in [5.41, 5.74) is 0.0641. The monoisotopic (exact) mass is 257 g/mol. The highest BCUT2D eigenvalue weighted by Gasteiger charge is 2.27. The number of hydrogen-bond acceptors (Lipinski definition) is 3. The van der Waals surface area contributed by atoms with Gasteiger partial charge in [-0.2, -0.15) is 0 Å². The lowest BCUT2D eigenvalue weighted by Crippen LogP contribution is -2.50. The predicted octanol–water partition coefficient (Wildman–Crippen LogP) is 0.798. The van der Waals surface area contributed by atoms with Gasteiger partial charge in [-0.05, 0) is 18.2 Å². The van der Waals surface area contributed by atoms with Crippen molar-refractivity contribution in [2.24, 2.45) is 0 Å². The van der Waals surface area contributed by atoms with Crippen LogP contribution in [0.25, 0.3) is 0 Å². The second kappa shape index (κ2) is 5.41. The number of aliphatic hydroxyl groups is 1. The van der Waals surface area contributed by atoms with Crippen LogP contribution >= 0.6 is 0 Å². The summed E-state index contributed by atoms with van der Waals surface area (Å²) in [6.45, 7) is 0.705. The van der Waals surface area contributed by atoms with Crippen LogP contribution in [0.2, 0.25) is 0 Å². The Morgan fingerprint density at radius 2 is 2.22 bits per heavy atom. The molecule has 1 fully saturated rings. The van der Waals surface area contributed by atoms with Crippen molar-refractivity contribution in [3.63, 3.8) is 0 Å². The largest absolute Gasteiger partial charge is 0.394 e. The number of carbonyl (C=O) groups excluding carboxylic acids is 1. The first-order valence-electron chi connectivity index (χ1n) is 5.58. The van der Waals surface area contributed by atoms with E-state index in [0.29, 0.717) is 13.2 Å². The highest BCUT2D eigenvalue weighted by atomic mass is 19.2. The van der Waals surface area contributed by atoms with E-state index < -0.39 is 23.6 Å². The third-order valence-electron chi connectivity index (χ3n) is 2.87. The van der Waals surface area contributed by atoms with Gasteiger partial charge in [0, 0.05) is 12.1 Å². The van der Waals surface area contributed by atoms with Crippen LogP contribution in [-0.2, 0) is 4.74 Å². The average Bonchev–Trinajstić information content (AvgIpc) is 2.41. The van der Waals surface area contributed by atoms with E-state index in [1.165, 1.54) is 11.0 Å². The average molecular weight is 257 g/mol. The fourth-order valence-electron chi connectivity index (χ4n) is 1.87. The molecule has 0 spiro atoms. The van der Waals surface area contributed by atoms with Crippen LogP contribution in [0.15, 0.2) is 18.2 Å². The van der Waals surface area contributed by atoms with Crippen molar-refractivity contribution in [1.82, 2.24) is 4.90 Å². The van der Waals surface area contributed by atoms with Crippen molar-refractivity contribution in [1.29, 1.82) is 0 Å². The Morgan fingerprint density at radius 1 is 1.44 bits per heavy atom. The Balaban J connectivity index is 2.21. The zero-order valence-corrected chi connectivity index (χ0v) is 9.60. The van der Waals surface area contributed by atoms with Gasteiger partial charge in [0.1, 0.15) is 0 Å². The molecule has 1 N–H and O–H groups in total. The van der Waals surface area contributed by atoms with Gasteiger partial charge in [-0.15, -0.1) is 0 Å². The Hall–Kier alpha value is -1.53. The van der Waals surface area contributed by atoms with Crippen LogP contribution in [0.5, 0.6) is 0 Å². The van der Waals surface area contributed by atoms with E-state index in [4.69, 9.17) is 9.84 Å².